The number of anilines is 2. The number of benzene rings is 2. The van der Waals surface area contributed by atoms with E-state index in [0.29, 0.717) is 18.0 Å². The lowest BCUT2D eigenvalue weighted by molar-refractivity contribution is -0.127. The molecule has 166 valence electrons. The van der Waals surface area contributed by atoms with Gasteiger partial charge >= 0.3 is 0 Å². The van der Waals surface area contributed by atoms with E-state index >= 15 is 0 Å². The van der Waals surface area contributed by atoms with Gasteiger partial charge in [-0.15, -0.1) is 0 Å². The van der Waals surface area contributed by atoms with Crippen LogP contribution >= 0.6 is 0 Å². The average Bonchev–Trinajstić information content (AvgIpc) is 2.77. The Kier molecular flexibility index (Phi) is 6.06. The van der Waals surface area contributed by atoms with Crippen molar-refractivity contribution in [1.82, 2.24) is 5.32 Å². The minimum Gasteiger partial charge on any atom is -0.476 e. The van der Waals surface area contributed by atoms with E-state index in [9.17, 15) is 13.2 Å². The Morgan fingerprint density at radius 3 is 2.52 bits per heavy atom. The van der Waals surface area contributed by atoms with Crippen molar-refractivity contribution in [2.24, 2.45) is 0 Å². The van der Waals surface area contributed by atoms with Crippen molar-refractivity contribution in [3.8, 4) is 5.75 Å². The fourth-order valence-corrected chi connectivity index (χ4v) is 4.67. The number of ether oxygens (including phenoxy) is 2. The van der Waals surface area contributed by atoms with Crippen LogP contribution in [0.5, 0.6) is 5.75 Å². The molecule has 0 aromatic heterocycles. The number of nitrogens with one attached hydrogen (secondary N) is 1. The first-order valence-electron chi connectivity index (χ1n) is 10.3. The summed E-state index contributed by atoms with van der Waals surface area (Å²) in [5, 5.41) is 2.86. The molecule has 0 spiro atoms. The third kappa shape index (κ3) is 4.94. The number of carbonyl (C=O) groups excluding carboxylic acids is 1. The molecule has 2 aromatic carbocycles. The van der Waals surface area contributed by atoms with Gasteiger partial charge in [0, 0.05) is 25.3 Å². The Morgan fingerprint density at radius 2 is 1.84 bits per heavy atom. The lowest BCUT2D eigenvalue weighted by atomic mass is 10.1. The molecule has 1 fully saturated rings. The highest BCUT2D eigenvalue weighted by Gasteiger charge is 2.35. The van der Waals surface area contributed by atoms with Crippen LogP contribution in [0.1, 0.15) is 11.1 Å². The van der Waals surface area contributed by atoms with Gasteiger partial charge in [0.25, 0.3) is 5.91 Å². The van der Waals surface area contributed by atoms with Gasteiger partial charge in [0.2, 0.25) is 10.0 Å². The lowest BCUT2D eigenvalue weighted by Crippen LogP contribution is -2.50. The van der Waals surface area contributed by atoms with Crippen LogP contribution in [0, 0.1) is 6.92 Å². The molecule has 2 aromatic rings. The predicted molar refractivity (Wildman–Crippen MR) is 119 cm³/mol. The zero-order valence-electron chi connectivity index (χ0n) is 17.7. The van der Waals surface area contributed by atoms with Gasteiger partial charge in [0.1, 0.15) is 5.75 Å². The molecule has 1 amide bonds. The van der Waals surface area contributed by atoms with Crippen molar-refractivity contribution in [3.05, 3.63) is 53.6 Å². The predicted octanol–water partition coefficient (Wildman–Crippen LogP) is 1.68. The van der Waals surface area contributed by atoms with E-state index in [2.05, 4.69) is 10.2 Å². The summed E-state index contributed by atoms with van der Waals surface area (Å²) in [6, 6.07) is 13.3. The molecule has 4 rings (SSSR count). The summed E-state index contributed by atoms with van der Waals surface area (Å²) in [6.45, 7) is 5.35. The molecule has 9 heteroatoms. The number of amides is 1. The highest BCUT2D eigenvalue weighted by Crippen LogP contribution is 2.35. The standard InChI is InChI=1S/C22H27N3O5S/c1-16-3-8-20-19(13-16)25(31(2,27)28)15-21(30-20)22(26)23-14-17-4-6-18(7-5-17)24-9-11-29-12-10-24/h3-8,13,21H,9-12,14-15H2,1-2H3,(H,23,26)/t21-/m1/s1. The lowest BCUT2D eigenvalue weighted by Gasteiger charge is -2.34. The minimum atomic E-state index is -3.55. The molecular weight excluding hydrogens is 418 g/mol. The molecule has 31 heavy (non-hydrogen) atoms. The van der Waals surface area contributed by atoms with Crippen molar-refractivity contribution in [2.75, 3.05) is 48.3 Å². The second-order valence-corrected chi connectivity index (χ2v) is 9.76. The molecule has 1 atom stereocenters. The number of hydrogen-bond donors (Lipinski definition) is 1. The summed E-state index contributed by atoms with van der Waals surface area (Å²) in [7, 11) is -3.55. The van der Waals surface area contributed by atoms with Crippen LogP contribution in [-0.4, -0.2) is 59.5 Å². The monoisotopic (exact) mass is 445 g/mol. The van der Waals surface area contributed by atoms with Gasteiger partial charge in [-0.25, -0.2) is 8.42 Å². The van der Waals surface area contributed by atoms with Crippen molar-refractivity contribution in [1.29, 1.82) is 0 Å². The molecule has 0 unspecified atom stereocenters. The number of nitrogens with zero attached hydrogens (tertiary/aromatic N) is 2. The Balaban J connectivity index is 1.41. The van der Waals surface area contributed by atoms with Gasteiger partial charge in [0.05, 0.1) is 31.7 Å². The number of sulfonamides is 1. The molecule has 0 bridgehead atoms. The SMILES string of the molecule is Cc1ccc2c(c1)N(S(C)(=O)=O)C[C@H](C(=O)NCc1ccc(N3CCOCC3)cc1)O2. The van der Waals surface area contributed by atoms with E-state index < -0.39 is 16.1 Å². The van der Waals surface area contributed by atoms with Gasteiger partial charge in [-0.2, -0.15) is 0 Å². The van der Waals surface area contributed by atoms with Crippen LogP contribution in [0.2, 0.25) is 0 Å². The molecule has 1 N–H and O–H groups in total. The maximum Gasteiger partial charge on any atom is 0.263 e. The van der Waals surface area contributed by atoms with E-state index in [1.54, 1.807) is 12.1 Å². The molecule has 8 nitrogen and oxygen atoms in total. The Morgan fingerprint density at radius 1 is 1.13 bits per heavy atom. The fraction of sp³-hybridized carbons (Fsp3) is 0.409. The maximum atomic E-state index is 12.8. The van der Waals surface area contributed by atoms with Gasteiger partial charge in [-0.05, 0) is 42.3 Å². The van der Waals surface area contributed by atoms with E-state index in [4.69, 9.17) is 9.47 Å². The fourth-order valence-electron chi connectivity index (χ4n) is 3.76. The second kappa shape index (κ2) is 8.76. The number of aryl methyl sites for hydroxylation is 1. The summed E-state index contributed by atoms with van der Waals surface area (Å²) in [6.07, 6.45) is 0.215. The van der Waals surface area contributed by atoms with E-state index in [1.807, 2.05) is 37.3 Å². The van der Waals surface area contributed by atoms with Crippen LogP contribution in [0.25, 0.3) is 0 Å². The Hall–Kier alpha value is -2.78. The summed E-state index contributed by atoms with van der Waals surface area (Å²) in [4.78, 5) is 15.0. The summed E-state index contributed by atoms with van der Waals surface area (Å²) in [5.41, 5.74) is 3.46. The summed E-state index contributed by atoms with van der Waals surface area (Å²) >= 11 is 0. The number of carbonyl (C=O) groups is 1. The highest BCUT2D eigenvalue weighted by molar-refractivity contribution is 7.92. The third-order valence-electron chi connectivity index (χ3n) is 5.46. The van der Waals surface area contributed by atoms with Crippen molar-refractivity contribution >= 4 is 27.3 Å². The smallest absolute Gasteiger partial charge is 0.263 e. The van der Waals surface area contributed by atoms with Crippen LogP contribution in [0.3, 0.4) is 0 Å². The van der Waals surface area contributed by atoms with Crippen molar-refractivity contribution in [2.45, 2.75) is 19.6 Å². The number of rotatable bonds is 5. The molecule has 1 saturated heterocycles. The first-order chi connectivity index (χ1) is 14.8. The molecule has 2 heterocycles. The third-order valence-corrected chi connectivity index (χ3v) is 6.60. The minimum absolute atomic E-state index is 0.0584. The second-order valence-electron chi connectivity index (χ2n) is 7.86. The topological polar surface area (TPSA) is 88.2 Å². The molecule has 0 saturated carbocycles. The van der Waals surface area contributed by atoms with Gasteiger partial charge < -0.3 is 19.7 Å². The zero-order valence-corrected chi connectivity index (χ0v) is 18.5. The normalized spacial score (nSPS) is 18.8. The van der Waals surface area contributed by atoms with E-state index in [0.717, 1.165) is 49.4 Å². The molecule has 2 aliphatic rings. The molecule has 0 radical (unpaired) electrons. The number of hydrogen-bond acceptors (Lipinski definition) is 6. The van der Waals surface area contributed by atoms with Gasteiger partial charge in [-0.3, -0.25) is 9.10 Å². The van der Waals surface area contributed by atoms with Crippen molar-refractivity contribution in [3.63, 3.8) is 0 Å². The van der Waals surface area contributed by atoms with E-state index in [-0.39, 0.29) is 12.5 Å². The number of morpholine rings is 1. The average molecular weight is 446 g/mol. The Bertz CT molecular complexity index is 1050. The van der Waals surface area contributed by atoms with Gasteiger partial charge in [0.15, 0.2) is 6.10 Å². The van der Waals surface area contributed by atoms with Crippen LogP contribution in [0.15, 0.2) is 42.5 Å². The zero-order chi connectivity index (χ0) is 22.0. The number of fused-ring (bicyclic) bond motifs is 1. The highest BCUT2D eigenvalue weighted by atomic mass is 32.2. The summed E-state index contributed by atoms with van der Waals surface area (Å²) < 4.78 is 37.0. The largest absolute Gasteiger partial charge is 0.476 e. The van der Waals surface area contributed by atoms with Gasteiger partial charge in [-0.1, -0.05) is 18.2 Å². The molecular formula is C22H27N3O5S. The molecule has 0 aliphatic carbocycles. The Labute approximate surface area is 182 Å². The first-order valence-corrected chi connectivity index (χ1v) is 12.1. The first kappa shape index (κ1) is 21.5. The van der Waals surface area contributed by atoms with Crippen molar-refractivity contribution < 1.29 is 22.7 Å². The van der Waals surface area contributed by atoms with Crippen LogP contribution in [-0.2, 0) is 26.1 Å². The van der Waals surface area contributed by atoms with Crippen LogP contribution in [0.4, 0.5) is 11.4 Å². The maximum absolute atomic E-state index is 12.8. The summed E-state index contributed by atoms with van der Waals surface area (Å²) in [5.74, 6) is 0.0365. The van der Waals surface area contributed by atoms with Crippen LogP contribution < -0.4 is 19.3 Å². The van der Waals surface area contributed by atoms with E-state index in [1.165, 1.54) is 4.31 Å². The molecule has 2 aliphatic heterocycles. The quantitative estimate of drug-likeness (QED) is 0.753.